The third-order valence-electron chi connectivity index (χ3n) is 5.03. The van der Waals surface area contributed by atoms with Crippen LogP contribution in [0.1, 0.15) is 22.8 Å². The highest BCUT2D eigenvalue weighted by molar-refractivity contribution is 6.04. The van der Waals surface area contributed by atoms with Crippen molar-refractivity contribution in [3.05, 3.63) is 89.7 Å². The summed E-state index contributed by atoms with van der Waals surface area (Å²) in [6.07, 6.45) is 0. The van der Waals surface area contributed by atoms with Crippen molar-refractivity contribution in [2.45, 2.75) is 13.8 Å². The number of aryl methyl sites for hydroxylation is 1. The predicted octanol–water partition coefficient (Wildman–Crippen LogP) is 5.05. The molecule has 0 aliphatic heterocycles. The van der Waals surface area contributed by atoms with Crippen molar-refractivity contribution in [2.24, 2.45) is 0 Å². The SMILES string of the molecule is CCOCCOc1nc(-c2ccc(C)cc2)n(-c2cccc(NC(=O)c3ccccc3F)c2)n1. The first-order chi connectivity index (χ1) is 16.5. The first-order valence-electron chi connectivity index (χ1n) is 11.0. The van der Waals surface area contributed by atoms with Crippen LogP contribution in [-0.2, 0) is 4.74 Å². The summed E-state index contributed by atoms with van der Waals surface area (Å²) in [7, 11) is 0. The Balaban J connectivity index is 1.64. The number of benzene rings is 3. The average Bonchev–Trinajstić information content (AvgIpc) is 3.27. The van der Waals surface area contributed by atoms with Gasteiger partial charge in [-0.15, -0.1) is 5.10 Å². The summed E-state index contributed by atoms with van der Waals surface area (Å²) >= 11 is 0. The second-order valence-electron chi connectivity index (χ2n) is 7.53. The van der Waals surface area contributed by atoms with E-state index in [9.17, 15) is 9.18 Å². The summed E-state index contributed by atoms with van der Waals surface area (Å²) in [5.41, 5.74) is 3.11. The van der Waals surface area contributed by atoms with Gasteiger partial charge in [-0.2, -0.15) is 4.98 Å². The van der Waals surface area contributed by atoms with Crippen LogP contribution in [-0.4, -0.2) is 40.5 Å². The highest BCUT2D eigenvalue weighted by Gasteiger charge is 2.16. The van der Waals surface area contributed by atoms with Gasteiger partial charge in [0.05, 0.1) is 17.9 Å². The van der Waals surface area contributed by atoms with Gasteiger partial charge < -0.3 is 14.8 Å². The van der Waals surface area contributed by atoms with Gasteiger partial charge in [-0.25, -0.2) is 9.07 Å². The largest absolute Gasteiger partial charge is 0.460 e. The zero-order valence-electron chi connectivity index (χ0n) is 19.0. The minimum Gasteiger partial charge on any atom is -0.460 e. The smallest absolute Gasteiger partial charge is 0.336 e. The molecule has 4 aromatic rings. The van der Waals surface area contributed by atoms with Crippen LogP contribution >= 0.6 is 0 Å². The Hall–Kier alpha value is -4.04. The lowest BCUT2D eigenvalue weighted by Crippen LogP contribution is -2.14. The molecule has 0 saturated carbocycles. The van der Waals surface area contributed by atoms with E-state index in [4.69, 9.17) is 9.47 Å². The van der Waals surface area contributed by atoms with Crippen LogP contribution in [0.3, 0.4) is 0 Å². The third-order valence-corrected chi connectivity index (χ3v) is 5.03. The van der Waals surface area contributed by atoms with E-state index >= 15 is 0 Å². The Morgan fingerprint density at radius 2 is 1.82 bits per heavy atom. The Kier molecular flexibility index (Phi) is 7.29. The predicted molar refractivity (Wildman–Crippen MR) is 128 cm³/mol. The lowest BCUT2D eigenvalue weighted by atomic mass is 10.1. The van der Waals surface area contributed by atoms with Crippen LogP contribution < -0.4 is 10.1 Å². The monoisotopic (exact) mass is 460 g/mol. The molecule has 0 radical (unpaired) electrons. The molecule has 0 atom stereocenters. The van der Waals surface area contributed by atoms with Gasteiger partial charge in [0.2, 0.25) is 0 Å². The topological polar surface area (TPSA) is 78.3 Å². The van der Waals surface area contributed by atoms with Crippen LogP contribution in [0.25, 0.3) is 17.1 Å². The molecule has 174 valence electrons. The molecule has 1 N–H and O–H groups in total. The Bertz CT molecular complexity index is 1270. The van der Waals surface area contributed by atoms with Crippen molar-refractivity contribution in [1.29, 1.82) is 0 Å². The molecule has 34 heavy (non-hydrogen) atoms. The number of amides is 1. The van der Waals surface area contributed by atoms with Gasteiger partial charge in [0.1, 0.15) is 12.4 Å². The number of rotatable bonds is 9. The third kappa shape index (κ3) is 5.47. The molecular weight excluding hydrogens is 435 g/mol. The van der Waals surface area contributed by atoms with Crippen molar-refractivity contribution in [3.63, 3.8) is 0 Å². The molecule has 0 saturated heterocycles. The zero-order valence-corrected chi connectivity index (χ0v) is 19.0. The number of nitrogens with one attached hydrogen (secondary N) is 1. The van der Waals surface area contributed by atoms with E-state index in [1.807, 2.05) is 44.2 Å². The molecule has 0 aliphatic rings. The minimum absolute atomic E-state index is 0.0287. The maximum absolute atomic E-state index is 14.0. The fraction of sp³-hybridized carbons (Fsp3) is 0.192. The van der Waals surface area contributed by atoms with E-state index in [0.29, 0.717) is 37.0 Å². The van der Waals surface area contributed by atoms with Gasteiger partial charge in [0.25, 0.3) is 5.91 Å². The van der Waals surface area contributed by atoms with Crippen LogP contribution in [0.5, 0.6) is 6.01 Å². The lowest BCUT2D eigenvalue weighted by Gasteiger charge is -2.10. The van der Waals surface area contributed by atoms with E-state index in [-0.39, 0.29) is 11.6 Å². The van der Waals surface area contributed by atoms with Crippen molar-refractivity contribution in [1.82, 2.24) is 14.8 Å². The van der Waals surface area contributed by atoms with Crippen molar-refractivity contribution in [2.75, 3.05) is 25.1 Å². The Morgan fingerprint density at radius 3 is 2.59 bits per heavy atom. The standard InChI is InChI=1S/C26H25FN4O3/c1-3-33-15-16-34-26-29-24(19-13-11-18(2)12-14-19)31(30-26)21-8-6-7-20(17-21)28-25(32)22-9-4-5-10-23(22)27/h4-14,17H,3,15-16H2,1-2H3,(H,28,32). The highest BCUT2D eigenvalue weighted by atomic mass is 19.1. The first-order valence-corrected chi connectivity index (χ1v) is 11.0. The van der Waals surface area contributed by atoms with Crippen LogP contribution in [0.15, 0.2) is 72.8 Å². The number of halogens is 1. The molecule has 3 aromatic carbocycles. The van der Waals surface area contributed by atoms with Gasteiger partial charge in [0.15, 0.2) is 5.82 Å². The Labute approximate surface area is 197 Å². The first kappa shape index (κ1) is 23.1. The summed E-state index contributed by atoms with van der Waals surface area (Å²) in [6, 6.07) is 21.1. The van der Waals surface area contributed by atoms with Gasteiger partial charge >= 0.3 is 6.01 Å². The summed E-state index contributed by atoms with van der Waals surface area (Å²) < 4.78 is 26.7. The molecule has 8 heteroatoms. The number of hydrogen-bond acceptors (Lipinski definition) is 5. The van der Waals surface area contributed by atoms with E-state index < -0.39 is 11.7 Å². The maximum Gasteiger partial charge on any atom is 0.336 e. The fourth-order valence-corrected chi connectivity index (χ4v) is 3.32. The molecule has 0 fully saturated rings. The number of aromatic nitrogens is 3. The molecular formula is C26H25FN4O3. The molecule has 1 aromatic heterocycles. The Morgan fingerprint density at radius 1 is 1.03 bits per heavy atom. The zero-order chi connectivity index (χ0) is 23.9. The number of hydrogen-bond donors (Lipinski definition) is 1. The van der Waals surface area contributed by atoms with Gasteiger partial charge in [-0.3, -0.25) is 4.79 Å². The van der Waals surface area contributed by atoms with Crippen LogP contribution in [0.4, 0.5) is 10.1 Å². The summed E-state index contributed by atoms with van der Waals surface area (Å²) in [5, 5.41) is 7.27. The number of ether oxygens (including phenoxy) is 2. The van der Waals surface area contributed by atoms with E-state index in [0.717, 1.165) is 11.1 Å². The lowest BCUT2D eigenvalue weighted by molar-refractivity contribution is 0.102. The molecule has 0 unspecified atom stereocenters. The minimum atomic E-state index is -0.581. The van der Waals surface area contributed by atoms with Gasteiger partial charge in [0, 0.05) is 17.9 Å². The van der Waals surface area contributed by atoms with Crippen LogP contribution in [0.2, 0.25) is 0 Å². The molecule has 4 rings (SSSR count). The molecule has 1 amide bonds. The number of carbonyl (C=O) groups is 1. The summed E-state index contributed by atoms with van der Waals surface area (Å²) in [6.45, 7) is 5.29. The number of carbonyl (C=O) groups excluding carboxylic acids is 1. The van der Waals surface area contributed by atoms with Crippen molar-refractivity contribution in [3.8, 4) is 23.1 Å². The number of nitrogens with zero attached hydrogens (tertiary/aromatic N) is 3. The quantitative estimate of drug-likeness (QED) is 0.354. The molecule has 0 aliphatic carbocycles. The second-order valence-corrected chi connectivity index (χ2v) is 7.53. The summed E-state index contributed by atoms with van der Waals surface area (Å²) in [5.74, 6) is -0.528. The summed E-state index contributed by atoms with van der Waals surface area (Å²) in [4.78, 5) is 17.1. The number of anilines is 1. The van der Waals surface area contributed by atoms with Crippen LogP contribution in [0, 0.1) is 12.7 Å². The van der Waals surface area contributed by atoms with Gasteiger partial charge in [-0.1, -0.05) is 48.0 Å². The van der Waals surface area contributed by atoms with Crippen molar-refractivity contribution >= 4 is 11.6 Å². The molecule has 7 nitrogen and oxygen atoms in total. The molecule has 1 heterocycles. The average molecular weight is 461 g/mol. The van der Waals surface area contributed by atoms with Gasteiger partial charge in [-0.05, 0) is 44.2 Å². The normalized spacial score (nSPS) is 10.8. The molecule has 0 bridgehead atoms. The fourth-order valence-electron chi connectivity index (χ4n) is 3.32. The van der Waals surface area contributed by atoms with Crippen molar-refractivity contribution < 1.29 is 18.7 Å². The second kappa shape index (κ2) is 10.7. The molecule has 0 spiro atoms. The van der Waals surface area contributed by atoms with E-state index in [1.165, 1.54) is 18.2 Å². The maximum atomic E-state index is 14.0. The highest BCUT2D eigenvalue weighted by Crippen LogP contribution is 2.25. The van der Waals surface area contributed by atoms with E-state index in [1.54, 1.807) is 28.9 Å². The van der Waals surface area contributed by atoms with E-state index in [2.05, 4.69) is 15.4 Å².